The Kier molecular flexibility index (Phi) is 7.02. The molecule has 1 spiro atoms. The maximum Gasteiger partial charge on any atom is 0.250 e. The maximum atomic E-state index is 13.9. The fourth-order valence-electron chi connectivity index (χ4n) is 6.58. The number of rotatable bonds is 8. The Morgan fingerprint density at radius 2 is 1.75 bits per heavy atom. The SMILES string of the molecule is CCOc1ccc(NC(=O)[C@H]2[C@@H]3OC4(CC3Br)C(C(=O)Nc3ccc5ccccc5c3)N(CCO)C(=O)[C@H]24)cc1. The molecule has 2 bridgehead atoms. The second-order valence-corrected chi connectivity index (χ2v) is 11.6. The summed E-state index contributed by atoms with van der Waals surface area (Å²) in [5.41, 5.74) is -0.0420. The van der Waals surface area contributed by atoms with Crippen molar-refractivity contribution in [3.8, 4) is 5.75 Å². The summed E-state index contributed by atoms with van der Waals surface area (Å²) >= 11 is 3.66. The molecular formula is C30H30BrN3O6. The Bertz CT molecular complexity index is 1470. The standard InChI is InChI=1S/C30H30BrN3O6/c1-2-39-21-11-9-19(10-12-21)32-27(36)23-24-29(38)34(13-14-35)26(30(24)16-22(31)25(23)40-30)28(37)33-20-8-7-17-5-3-4-6-18(17)15-20/h3-12,15,22-26,35H,2,13-14,16H2,1H3,(H,32,36)(H,33,37)/t22?,23-,24+,25-,26?,30?/m1/s1. The van der Waals surface area contributed by atoms with Gasteiger partial charge < -0.3 is 30.1 Å². The Hall–Kier alpha value is -3.47. The molecule has 3 N–H and O–H groups in total. The van der Waals surface area contributed by atoms with Gasteiger partial charge in [0.1, 0.15) is 17.4 Å². The highest BCUT2D eigenvalue weighted by Gasteiger charge is 2.76. The molecule has 208 valence electrons. The molecule has 6 rings (SSSR count). The number of amides is 3. The highest BCUT2D eigenvalue weighted by atomic mass is 79.9. The summed E-state index contributed by atoms with van der Waals surface area (Å²) in [6.45, 7) is 2.07. The molecule has 40 heavy (non-hydrogen) atoms. The number of ether oxygens (including phenoxy) is 2. The fourth-order valence-corrected chi connectivity index (χ4v) is 7.53. The lowest BCUT2D eigenvalue weighted by molar-refractivity contribution is -0.140. The average Bonchev–Trinajstić information content (AvgIpc) is 3.53. The molecule has 0 aliphatic carbocycles. The van der Waals surface area contributed by atoms with Gasteiger partial charge in [0.15, 0.2) is 0 Å². The van der Waals surface area contributed by atoms with Crippen LogP contribution in [0.3, 0.4) is 0 Å². The zero-order chi connectivity index (χ0) is 28.0. The quantitative estimate of drug-likeness (QED) is 0.337. The first kappa shape index (κ1) is 26.7. The number of likely N-dealkylation sites (tertiary alicyclic amines) is 1. The van der Waals surface area contributed by atoms with Crippen molar-refractivity contribution >= 4 is 55.8 Å². The molecule has 0 aromatic heterocycles. The number of hydrogen-bond acceptors (Lipinski definition) is 6. The zero-order valence-electron chi connectivity index (χ0n) is 21.9. The van der Waals surface area contributed by atoms with Crippen LogP contribution in [0.2, 0.25) is 0 Å². The predicted octanol–water partition coefficient (Wildman–Crippen LogP) is 3.56. The van der Waals surface area contributed by atoms with Crippen molar-refractivity contribution in [2.45, 2.75) is 35.9 Å². The monoisotopic (exact) mass is 607 g/mol. The fraction of sp³-hybridized carbons (Fsp3) is 0.367. The number of carbonyl (C=O) groups excluding carboxylic acids is 3. The van der Waals surface area contributed by atoms with Gasteiger partial charge in [-0.15, -0.1) is 0 Å². The smallest absolute Gasteiger partial charge is 0.250 e. The Labute approximate surface area is 239 Å². The van der Waals surface area contributed by atoms with E-state index in [0.29, 0.717) is 30.2 Å². The molecule has 0 saturated carbocycles. The minimum absolute atomic E-state index is 0.0406. The number of anilines is 2. The van der Waals surface area contributed by atoms with E-state index in [4.69, 9.17) is 9.47 Å². The van der Waals surface area contributed by atoms with Crippen LogP contribution < -0.4 is 15.4 Å². The number of β-amino-alcohol motifs (C(OH)–C–C–N with tert-alkyl or cyclic N) is 1. The van der Waals surface area contributed by atoms with Crippen LogP contribution in [0.4, 0.5) is 11.4 Å². The summed E-state index contributed by atoms with van der Waals surface area (Å²) in [5, 5.41) is 17.7. The molecule has 3 unspecified atom stereocenters. The molecule has 3 aliphatic rings. The second kappa shape index (κ2) is 10.5. The number of alkyl halides is 1. The largest absolute Gasteiger partial charge is 0.494 e. The number of aliphatic hydroxyl groups is 1. The minimum atomic E-state index is -1.20. The number of hydrogen-bond donors (Lipinski definition) is 3. The van der Waals surface area contributed by atoms with Crippen LogP contribution >= 0.6 is 15.9 Å². The number of carbonyl (C=O) groups is 3. The molecule has 9 nitrogen and oxygen atoms in total. The van der Waals surface area contributed by atoms with E-state index in [2.05, 4.69) is 26.6 Å². The minimum Gasteiger partial charge on any atom is -0.494 e. The van der Waals surface area contributed by atoms with Gasteiger partial charge in [0.05, 0.1) is 31.2 Å². The first-order valence-electron chi connectivity index (χ1n) is 13.4. The van der Waals surface area contributed by atoms with Crippen molar-refractivity contribution in [3.05, 3.63) is 66.7 Å². The summed E-state index contributed by atoms with van der Waals surface area (Å²) in [4.78, 5) is 42.5. The van der Waals surface area contributed by atoms with Gasteiger partial charge in [-0.05, 0) is 60.5 Å². The average molecular weight is 608 g/mol. The van der Waals surface area contributed by atoms with E-state index < -0.39 is 35.5 Å². The summed E-state index contributed by atoms with van der Waals surface area (Å²) in [5.74, 6) is -2.09. The number of nitrogens with one attached hydrogen (secondary N) is 2. The Balaban J connectivity index is 1.29. The lowest BCUT2D eigenvalue weighted by Gasteiger charge is -2.34. The van der Waals surface area contributed by atoms with Crippen LogP contribution in [0.1, 0.15) is 13.3 Å². The van der Waals surface area contributed by atoms with E-state index in [-0.39, 0.29) is 29.8 Å². The summed E-state index contributed by atoms with van der Waals surface area (Å²) in [6, 6.07) is 19.5. The summed E-state index contributed by atoms with van der Waals surface area (Å²) in [6.07, 6.45) is -0.192. The maximum absolute atomic E-state index is 13.9. The van der Waals surface area contributed by atoms with Crippen LogP contribution in [0.25, 0.3) is 10.8 Å². The second-order valence-electron chi connectivity index (χ2n) is 10.4. The lowest BCUT2D eigenvalue weighted by Crippen LogP contribution is -2.54. The summed E-state index contributed by atoms with van der Waals surface area (Å²) < 4.78 is 11.9. The molecule has 3 aromatic carbocycles. The van der Waals surface area contributed by atoms with Crippen molar-refractivity contribution in [1.82, 2.24) is 4.90 Å². The van der Waals surface area contributed by atoms with Gasteiger partial charge in [0.25, 0.3) is 0 Å². The number of aliphatic hydroxyl groups excluding tert-OH is 1. The van der Waals surface area contributed by atoms with Crippen LogP contribution in [0.15, 0.2) is 66.7 Å². The van der Waals surface area contributed by atoms with Gasteiger partial charge in [-0.1, -0.05) is 46.3 Å². The number of halogens is 1. The highest BCUT2D eigenvalue weighted by Crippen LogP contribution is 2.60. The third-order valence-electron chi connectivity index (χ3n) is 8.13. The first-order chi connectivity index (χ1) is 19.4. The molecule has 3 aliphatic heterocycles. The third-order valence-corrected chi connectivity index (χ3v) is 8.98. The van der Waals surface area contributed by atoms with Crippen molar-refractivity contribution in [2.75, 3.05) is 30.4 Å². The molecule has 3 amide bonds. The number of nitrogens with zero attached hydrogens (tertiary/aromatic N) is 1. The van der Waals surface area contributed by atoms with Gasteiger partial charge in [-0.2, -0.15) is 0 Å². The van der Waals surface area contributed by atoms with Crippen LogP contribution in [-0.2, 0) is 19.1 Å². The van der Waals surface area contributed by atoms with Crippen molar-refractivity contribution in [2.24, 2.45) is 11.8 Å². The molecule has 3 saturated heterocycles. The van der Waals surface area contributed by atoms with E-state index >= 15 is 0 Å². The predicted molar refractivity (Wildman–Crippen MR) is 153 cm³/mol. The molecule has 0 radical (unpaired) electrons. The van der Waals surface area contributed by atoms with Crippen molar-refractivity contribution < 1.29 is 29.0 Å². The molecule has 3 heterocycles. The van der Waals surface area contributed by atoms with E-state index in [1.54, 1.807) is 24.3 Å². The van der Waals surface area contributed by atoms with Crippen LogP contribution in [0, 0.1) is 11.8 Å². The van der Waals surface area contributed by atoms with Gasteiger partial charge in [0, 0.05) is 22.7 Å². The summed E-state index contributed by atoms with van der Waals surface area (Å²) in [7, 11) is 0. The third kappa shape index (κ3) is 4.34. The lowest BCUT2D eigenvalue weighted by atomic mass is 9.70. The molecule has 3 fully saturated rings. The van der Waals surface area contributed by atoms with Gasteiger partial charge in [-0.25, -0.2) is 0 Å². The Morgan fingerprint density at radius 3 is 2.48 bits per heavy atom. The van der Waals surface area contributed by atoms with Crippen molar-refractivity contribution in [3.63, 3.8) is 0 Å². The van der Waals surface area contributed by atoms with Crippen LogP contribution in [0.5, 0.6) is 5.75 Å². The zero-order valence-corrected chi connectivity index (χ0v) is 23.5. The van der Waals surface area contributed by atoms with Gasteiger partial charge >= 0.3 is 0 Å². The van der Waals surface area contributed by atoms with E-state index in [0.717, 1.165) is 10.8 Å². The van der Waals surface area contributed by atoms with Gasteiger partial charge in [-0.3, -0.25) is 14.4 Å². The molecular weight excluding hydrogens is 578 g/mol. The number of fused-ring (bicyclic) bond motifs is 2. The van der Waals surface area contributed by atoms with E-state index in [1.807, 2.05) is 49.4 Å². The van der Waals surface area contributed by atoms with E-state index in [1.165, 1.54) is 4.90 Å². The topological polar surface area (TPSA) is 117 Å². The van der Waals surface area contributed by atoms with E-state index in [9.17, 15) is 19.5 Å². The van der Waals surface area contributed by atoms with Crippen molar-refractivity contribution in [1.29, 1.82) is 0 Å². The molecule has 3 aromatic rings. The number of benzene rings is 3. The first-order valence-corrected chi connectivity index (χ1v) is 14.3. The van der Waals surface area contributed by atoms with Crippen LogP contribution in [-0.4, -0.2) is 70.1 Å². The normalized spacial score (nSPS) is 28.5. The molecule has 10 heteroatoms. The Morgan fingerprint density at radius 1 is 1.05 bits per heavy atom. The molecule has 6 atom stereocenters. The highest BCUT2D eigenvalue weighted by molar-refractivity contribution is 9.09. The van der Waals surface area contributed by atoms with Gasteiger partial charge in [0.2, 0.25) is 17.7 Å².